The summed E-state index contributed by atoms with van der Waals surface area (Å²) in [4.78, 5) is 25.2. The van der Waals surface area contributed by atoms with Crippen molar-refractivity contribution in [2.24, 2.45) is 5.92 Å². The van der Waals surface area contributed by atoms with Gasteiger partial charge in [-0.15, -0.1) is 0 Å². The van der Waals surface area contributed by atoms with Gasteiger partial charge >= 0.3 is 0 Å². The summed E-state index contributed by atoms with van der Waals surface area (Å²) in [6.45, 7) is 2.28. The number of aromatic nitrogens is 2. The molecule has 1 fully saturated rings. The zero-order chi connectivity index (χ0) is 17.6. The minimum Gasteiger partial charge on any atom is -0.367 e. The molecule has 1 aromatic carbocycles. The van der Waals surface area contributed by atoms with Crippen LogP contribution in [-0.2, 0) is 11.3 Å². The first-order chi connectivity index (χ1) is 12.1. The van der Waals surface area contributed by atoms with Crippen LogP contribution >= 0.6 is 0 Å². The van der Waals surface area contributed by atoms with Crippen molar-refractivity contribution in [2.75, 3.05) is 37.0 Å². The van der Waals surface area contributed by atoms with E-state index in [9.17, 15) is 4.79 Å². The highest BCUT2D eigenvalue weighted by Crippen LogP contribution is 2.28. The number of hydrogen-bond donors (Lipinski definition) is 1. The van der Waals surface area contributed by atoms with Crippen molar-refractivity contribution in [2.45, 2.75) is 19.4 Å². The van der Waals surface area contributed by atoms with Gasteiger partial charge in [-0.2, -0.15) is 0 Å². The lowest BCUT2D eigenvalue weighted by atomic mass is 9.95. The van der Waals surface area contributed by atoms with Crippen LogP contribution in [0.25, 0.3) is 0 Å². The van der Waals surface area contributed by atoms with E-state index in [2.05, 4.69) is 20.2 Å². The summed E-state index contributed by atoms with van der Waals surface area (Å²) in [5, 5.41) is 3.06. The highest BCUT2D eigenvalue weighted by Gasteiger charge is 2.26. The number of piperidine rings is 1. The number of carbonyl (C=O) groups is 1. The van der Waals surface area contributed by atoms with E-state index in [1.807, 2.05) is 55.5 Å². The van der Waals surface area contributed by atoms with Crippen LogP contribution in [0.2, 0.25) is 0 Å². The predicted octanol–water partition coefficient (Wildman–Crippen LogP) is 2.08. The van der Waals surface area contributed by atoms with Crippen LogP contribution in [-0.4, -0.2) is 43.1 Å². The Bertz CT molecular complexity index is 696. The normalized spacial score (nSPS) is 15.0. The maximum absolute atomic E-state index is 12.4. The first kappa shape index (κ1) is 17.2. The molecule has 1 aromatic heterocycles. The Morgan fingerprint density at radius 2 is 1.96 bits per heavy atom. The fourth-order valence-corrected chi connectivity index (χ4v) is 3.20. The molecule has 0 saturated carbocycles. The Hall–Kier alpha value is -2.63. The Morgan fingerprint density at radius 3 is 2.64 bits per heavy atom. The maximum atomic E-state index is 12.4. The summed E-state index contributed by atoms with van der Waals surface area (Å²) in [5.41, 5.74) is 2.17. The molecule has 3 rings (SSSR count). The third kappa shape index (κ3) is 4.26. The lowest BCUT2D eigenvalue weighted by Gasteiger charge is -2.34. The van der Waals surface area contributed by atoms with Gasteiger partial charge < -0.3 is 15.1 Å². The Labute approximate surface area is 148 Å². The summed E-state index contributed by atoms with van der Waals surface area (Å²) in [5.74, 6) is 1.15. The topological polar surface area (TPSA) is 61.4 Å². The molecule has 0 radical (unpaired) electrons. The minimum atomic E-state index is 0.0763. The molecule has 0 atom stereocenters. The summed E-state index contributed by atoms with van der Waals surface area (Å²) >= 11 is 0. The van der Waals surface area contributed by atoms with Gasteiger partial charge in [0.25, 0.3) is 0 Å². The molecule has 25 heavy (non-hydrogen) atoms. The molecule has 1 aliphatic rings. The van der Waals surface area contributed by atoms with E-state index in [1.165, 1.54) is 0 Å². The van der Waals surface area contributed by atoms with Crippen molar-refractivity contribution in [1.82, 2.24) is 15.3 Å². The number of anilines is 2. The number of nitrogens with zero attached hydrogens (tertiary/aromatic N) is 4. The zero-order valence-electron chi connectivity index (χ0n) is 14.9. The van der Waals surface area contributed by atoms with E-state index in [0.29, 0.717) is 6.54 Å². The number of benzene rings is 1. The Balaban J connectivity index is 1.54. The Morgan fingerprint density at radius 1 is 1.24 bits per heavy atom. The fourth-order valence-electron chi connectivity index (χ4n) is 3.20. The number of hydrogen-bond acceptors (Lipinski definition) is 5. The summed E-state index contributed by atoms with van der Waals surface area (Å²) in [6, 6.07) is 10.0. The smallest absolute Gasteiger partial charge is 0.223 e. The van der Waals surface area contributed by atoms with Crippen LogP contribution in [0.5, 0.6) is 0 Å². The quantitative estimate of drug-likeness (QED) is 0.904. The second-order valence-corrected chi connectivity index (χ2v) is 6.59. The van der Waals surface area contributed by atoms with Gasteiger partial charge in [-0.05, 0) is 18.4 Å². The summed E-state index contributed by atoms with van der Waals surface area (Å²) in [7, 11) is 3.96. The van der Waals surface area contributed by atoms with Crippen LogP contribution in [0.4, 0.5) is 11.5 Å². The summed E-state index contributed by atoms with van der Waals surface area (Å²) < 4.78 is 0. The number of carbonyl (C=O) groups excluding carboxylic acids is 1. The third-order valence-corrected chi connectivity index (χ3v) is 4.61. The monoisotopic (exact) mass is 339 g/mol. The second kappa shape index (κ2) is 7.96. The molecular formula is C19H25N5O. The van der Waals surface area contributed by atoms with E-state index < -0.39 is 0 Å². The van der Waals surface area contributed by atoms with Gasteiger partial charge in [0.1, 0.15) is 6.33 Å². The molecule has 0 spiro atoms. The molecule has 132 valence electrons. The fraction of sp³-hybridized carbons (Fsp3) is 0.421. The molecule has 0 aliphatic carbocycles. The molecule has 2 heterocycles. The molecule has 1 aliphatic heterocycles. The number of nitrogens with one attached hydrogen (secondary N) is 1. The van der Waals surface area contributed by atoms with Gasteiger partial charge in [0, 0.05) is 39.6 Å². The van der Waals surface area contributed by atoms with Crippen LogP contribution in [0.3, 0.4) is 0 Å². The van der Waals surface area contributed by atoms with Crippen molar-refractivity contribution in [1.29, 1.82) is 0 Å². The maximum Gasteiger partial charge on any atom is 0.223 e. The van der Waals surface area contributed by atoms with E-state index >= 15 is 0 Å². The van der Waals surface area contributed by atoms with Gasteiger partial charge in [-0.3, -0.25) is 4.79 Å². The molecule has 6 nitrogen and oxygen atoms in total. The second-order valence-electron chi connectivity index (χ2n) is 6.59. The SMILES string of the molecule is CN(C)c1ncncc1N1CCC(C(=O)NCc2ccccc2)CC1. The van der Waals surface area contributed by atoms with Crippen molar-refractivity contribution in [3.8, 4) is 0 Å². The van der Waals surface area contributed by atoms with Crippen LogP contribution in [0.15, 0.2) is 42.9 Å². The van der Waals surface area contributed by atoms with E-state index in [1.54, 1.807) is 6.33 Å². The lowest BCUT2D eigenvalue weighted by Crippen LogP contribution is -2.41. The summed E-state index contributed by atoms with van der Waals surface area (Å²) in [6.07, 6.45) is 5.13. The van der Waals surface area contributed by atoms with Gasteiger partial charge in [0.2, 0.25) is 5.91 Å². The average Bonchev–Trinajstić information content (AvgIpc) is 2.67. The van der Waals surface area contributed by atoms with Gasteiger partial charge in [-0.1, -0.05) is 30.3 Å². The minimum absolute atomic E-state index is 0.0763. The molecule has 0 bridgehead atoms. The Kier molecular flexibility index (Phi) is 5.48. The van der Waals surface area contributed by atoms with E-state index in [0.717, 1.165) is 43.0 Å². The molecule has 1 saturated heterocycles. The van der Waals surface area contributed by atoms with E-state index in [-0.39, 0.29) is 11.8 Å². The first-order valence-electron chi connectivity index (χ1n) is 8.69. The lowest BCUT2D eigenvalue weighted by molar-refractivity contribution is -0.125. The third-order valence-electron chi connectivity index (χ3n) is 4.61. The van der Waals surface area contributed by atoms with Crippen LogP contribution in [0.1, 0.15) is 18.4 Å². The van der Waals surface area contributed by atoms with Gasteiger partial charge in [-0.25, -0.2) is 9.97 Å². The van der Waals surface area contributed by atoms with Crippen molar-refractivity contribution in [3.63, 3.8) is 0 Å². The highest BCUT2D eigenvalue weighted by atomic mass is 16.1. The molecule has 0 unspecified atom stereocenters. The van der Waals surface area contributed by atoms with Gasteiger partial charge in [0.05, 0.1) is 11.9 Å². The van der Waals surface area contributed by atoms with E-state index in [4.69, 9.17) is 0 Å². The molecule has 2 aromatic rings. The van der Waals surface area contributed by atoms with Crippen molar-refractivity contribution >= 4 is 17.4 Å². The average molecular weight is 339 g/mol. The van der Waals surface area contributed by atoms with Crippen molar-refractivity contribution < 1.29 is 4.79 Å². The standard InChI is InChI=1S/C19H25N5O/c1-23(2)18-17(13-20-14-22-18)24-10-8-16(9-11-24)19(25)21-12-15-6-4-3-5-7-15/h3-7,13-14,16H,8-12H2,1-2H3,(H,21,25). The van der Waals surface area contributed by atoms with Crippen LogP contribution < -0.4 is 15.1 Å². The molecule has 6 heteroatoms. The number of amides is 1. The predicted molar refractivity (Wildman–Crippen MR) is 99.6 cm³/mol. The molecular weight excluding hydrogens is 314 g/mol. The highest BCUT2D eigenvalue weighted by molar-refractivity contribution is 5.79. The first-order valence-corrected chi connectivity index (χ1v) is 8.69. The molecule has 1 amide bonds. The largest absolute Gasteiger partial charge is 0.367 e. The van der Waals surface area contributed by atoms with Gasteiger partial charge in [0.15, 0.2) is 5.82 Å². The van der Waals surface area contributed by atoms with Crippen LogP contribution in [0, 0.1) is 5.92 Å². The van der Waals surface area contributed by atoms with Crippen molar-refractivity contribution in [3.05, 3.63) is 48.4 Å². The molecule has 1 N–H and O–H groups in total. The number of rotatable bonds is 5. The zero-order valence-corrected chi connectivity index (χ0v) is 14.9.